The van der Waals surface area contributed by atoms with Gasteiger partial charge in [-0.3, -0.25) is 9.69 Å². The molecule has 18 heavy (non-hydrogen) atoms. The molecule has 2 aliphatic heterocycles. The van der Waals surface area contributed by atoms with Crippen molar-refractivity contribution in [1.29, 1.82) is 0 Å². The molecule has 0 aromatic rings. The normalized spacial score (nSPS) is 31.2. The van der Waals surface area contributed by atoms with E-state index in [1.165, 1.54) is 0 Å². The Kier molecular flexibility index (Phi) is 3.90. The quantitative estimate of drug-likeness (QED) is 0.574. The molecule has 0 bridgehead atoms. The SMILES string of the molecule is CCCCN1CC[C@H]2CNC(=O)[C@]21C(=O)OCC. The van der Waals surface area contributed by atoms with E-state index in [2.05, 4.69) is 12.2 Å². The summed E-state index contributed by atoms with van der Waals surface area (Å²) < 4.78 is 5.17. The Balaban J connectivity index is 2.26. The van der Waals surface area contributed by atoms with Crippen LogP contribution in [0.3, 0.4) is 0 Å². The van der Waals surface area contributed by atoms with E-state index < -0.39 is 5.54 Å². The van der Waals surface area contributed by atoms with Crippen LogP contribution in [0.5, 0.6) is 0 Å². The number of unbranched alkanes of at least 4 members (excludes halogenated alkanes) is 1. The highest BCUT2D eigenvalue weighted by atomic mass is 16.5. The summed E-state index contributed by atoms with van der Waals surface area (Å²) in [6.07, 6.45) is 2.95. The number of rotatable bonds is 5. The molecule has 102 valence electrons. The molecule has 2 aliphatic rings. The van der Waals surface area contributed by atoms with Crippen molar-refractivity contribution < 1.29 is 14.3 Å². The first kappa shape index (κ1) is 13.3. The minimum Gasteiger partial charge on any atom is -0.464 e. The molecule has 1 N–H and O–H groups in total. The first-order valence-corrected chi connectivity index (χ1v) is 6.88. The van der Waals surface area contributed by atoms with Crippen LogP contribution in [0.4, 0.5) is 0 Å². The van der Waals surface area contributed by atoms with Crippen molar-refractivity contribution in [2.75, 3.05) is 26.2 Å². The average Bonchev–Trinajstić information content (AvgIpc) is 2.87. The Hall–Kier alpha value is -1.10. The molecule has 5 heteroatoms. The van der Waals surface area contributed by atoms with Crippen LogP contribution < -0.4 is 5.32 Å². The monoisotopic (exact) mass is 254 g/mol. The summed E-state index contributed by atoms with van der Waals surface area (Å²) in [6.45, 7) is 6.42. The fraction of sp³-hybridized carbons (Fsp3) is 0.846. The molecule has 0 saturated carbocycles. The molecule has 2 heterocycles. The van der Waals surface area contributed by atoms with Crippen molar-refractivity contribution >= 4 is 11.9 Å². The van der Waals surface area contributed by atoms with E-state index in [0.717, 1.165) is 32.4 Å². The summed E-state index contributed by atoms with van der Waals surface area (Å²) in [6, 6.07) is 0. The topological polar surface area (TPSA) is 58.6 Å². The lowest BCUT2D eigenvalue weighted by atomic mass is 9.87. The van der Waals surface area contributed by atoms with E-state index in [1.54, 1.807) is 6.92 Å². The highest BCUT2D eigenvalue weighted by Crippen LogP contribution is 2.39. The van der Waals surface area contributed by atoms with Crippen molar-refractivity contribution in [2.45, 2.75) is 38.6 Å². The van der Waals surface area contributed by atoms with Crippen LogP contribution in [-0.4, -0.2) is 48.6 Å². The van der Waals surface area contributed by atoms with E-state index in [-0.39, 0.29) is 17.8 Å². The second-order valence-corrected chi connectivity index (χ2v) is 5.02. The van der Waals surface area contributed by atoms with E-state index in [1.807, 2.05) is 4.90 Å². The van der Waals surface area contributed by atoms with Crippen LogP contribution >= 0.6 is 0 Å². The first-order valence-electron chi connectivity index (χ1n) is 6.88. The van der Waals surface area contributed by atoms with Gasteiger partial charge in [0.25, 0.3) is 5.91 Å². The maximum Gasteiger partial charge on any atom is 0.336 e. The number of amides is 1. The third-order valence-electron chi connectivity index (χ3n) is 4.06. The van der Waals surface area contributed by atoms with Gasteiger partial charge >= 0.3 is 5.97 Å². The Bertz CT molecular complexity index is 345. The summed E-state index contributed by atoms with van der Waals surface area (Å²) in [5.74, 6) is -0.459. The molecule has 0 radical (unpaired) electrons. The van der Waals surface area contributed by atoms with Crippen LogP contribution in [0.15, 0.2) is 0 Å². The van der Waals surface area contributed by atoms with Crippen molar-refractivity contribution in [3.8, 4) is 0 Å². The summed E-state index contributed by atoms with van der Waals surface area (Å²) >= 11 is 0. The second-order valence-electron chi connectivity index (χ2n) is 5.02. The fourth-order valence-electron chi connectivity index (χ4n) is 3.15. The molecule has 2 saturated heterocycles. The van der Waals surface area contributed by atoms with Crippen LogP contribution in [0.25, 0.3) is 0 Å². The van der Waals surface area contributed by atoms with Crippen molar-refractivity contribution in [2.24, 2.45) is 5.92 Å². The summed E-state index contributed by atoms with van der Waals surface area (Å²) in [4.78, 5) is 26.6. The number of carbonyl (C=O) groups is 2. The number of carbonyl (C=O) groups excluding carboxylic acids is 2. The minimum absolute atomic E-state index is 0.0703. The number of likely N-dealkylation sites (tertiary alicyclic amines) is 1. The summed E-state index contributed by atoms with van der Waals surface area (Å²) in [5, 5.41) is 2.83. The zero-order valence-corrected chi connectivity index (χ0v) is 11.2. The lowest BCUT2D eigenvalue weighted by Gasteiger charge is -2.33. The van der Waals surface area contributed by atoms with Crippen molar-refractivity contribution in [3.05, 3.63) is 0 Å². The smallest absolute Gasteiger partial charge is 0.336 e. The van der Waals surface area contributed by atoms with Gasteiger partial charge in [-0.15, -0.1) is 0 Å². The number of esters is 1. The molecular formula is C13H22N2O3. The lowest BCUT2D eigenvalue weighted by Crippen LogP contribution is -2.59. The van der Waals surface area contributed by atoms with Gasteiger partial charge in [-0.05, 0) is 26.3 Å². The maximum absolute atomic E-state index is 12.3. The van der Waals surface area contributed by atoms with Gasteiger partial charge < -0.3 is 10.1 Å². The highest BCUT2D eigenvalue weighted by molar-refractivity contribution is 6.09. The molecule has 0 aliphatic carbocycles. The third kappa shape index (κ3) is 1.81. The zero-order valence-electron chi connectivity index (χ0n) is 11.2. The molecule has 2 rings (SSSR count). The average molecular weight is 254 g/mol. The zero-order chi connectivity index (χ0) is 13.2. The number of nitrogens with zero attached hydrogens (tertiary/aromatic N) is 1. The largest absolute Gasteiger partial charge is 0.464 e. The van der Waals surface area contributed by atoms with Gasteiger partial charge in [-0.25, -0.2) is 4.79 Å². The van der Waals surface area contributed by atoms with Gasteiger partial charge in [-0.1, -0.05) is 13.3 Å². The first-order chi connectivity index (χ1) is 8.67. The van der Waals surface area contributed by atoms with E-state index in [4.69, 9.17) is 4.74 Å². The van der Waals surface area contributed by atoms with Gasteiger partial charge in [0.2, 0.25) is 5.54 Å². The molecule has 2 atom stereocenters. The van der Waals surface area contributed by atoms with Crippen LogP contribution in [0.1, 0.15) is 33.1 Å². The van der Waals surface area contributed by atoms with Crippen LogP contribution in [-0.2, 0) is 14.3 Å². The second kappa shape index (κ2) is 5.26. The van der Waals surface area contributed by atoms with Gasteiger partial charge in [0.05, 0.1) is 6.61 Å². The Labute approximate surface area is 108 Å². The van der Waals surface area contributed by atoms with Crippen molar-refractivity contribution in [1.82, 2.24) is 10.2 Å². The molecule has 0 spiro atoms. The fourth-order valence-corrected chi connectivity index (χ4v) is 3.15. The predicted octanol–water partition coefficient (Wildman–Crippen LogP) is 0.540. The standard InChI is InChI=1S/C13H22N2O3/c1-3-5-7-15-8-6-10-9-14-11(16)13(10,15)12(17)18-4-2/h10H,3-9H2,1-2H3,(H,14,16)/t10-,13-/m0/s1. The highest BCUT2D eigenvalue weighted by Gasteiger charge is 2.63. The number of hydrogen-bond acceptors (Lipinski definition) is 4. The molecular weight excluding hydrogens is 232 g/mol. The Morgan fingerprint density at radius 3 is 3.00 bits per heavy atom. The van der Waals surface area contributed by atoms with Gasteiger partial charge in [-0.2, -0.15) is 0 Å². The van der Waals surface area contributed by atoms with Crippen molar-refractivity contribution in [3.63, 3.8) is 0 Å². The Morgan fingerprint density at radius 1 is 1.56 bits per heavy atom. The van der Waals surface area contributed by atoms with E-state index in [0.29, 0.717) is 13.2 Å². The minimum atomic E-state index is -1.04. The van der Waals surface area contributed by atoms with Gasteiger partial charge in [0.15, 0.2) is 0 Å². The number of fused-ring (bicyclic) bond motifs is 1. The third-order valence-corrected chi connectivity index (χ3v) is 4.06. The molecule has 0 unspecified atom stereocenters. The van der Waals surface area contributed by atoms with Gasteiger partial charge in [0.1, 0.15) is 0 Å². The lowest BCUT2D eigenvalue weighted by molar-refractivity contribution is -0.161. The summed E-state index contributed by atoms with van der Waals surface area (Å²) in [7, 11) is 0. The number of nitrogens with one attached hydrogen (secondary N) is 1. The maximum atomic E-state index is 12.3. The molecule has 2 fully saturated rings. The molecule has 5 nitrogen and oxygen atoms in total. The molecule has 1 amide bonds. The Morgan fingerprint density at radius 2 is 2.33 bits per heavy atom. The van der Waals surface area contributed by atoms with E-state index >= 15 is 0 Å². The predicted molar refractivity (Wildman–Crippen MR) is 67.0 cm³/mol. The molecule has 0 aromatic heterocycles. The number of hydrogen-bond donors (Lipinski definition) is 1. The van der Waals surface area contributed by atoms with Crippen LogP contribution in [0.2, 0.25) is 0 Å². The summed E-state index contributed by atoms with van der Waals surface area (Å²) in [5.41, 5.74) is -1.04. The molecule has 0 aromatic carbocycles. The van der Waals surface area contributed by atoms with E-state index in [9.17, 15) is 9.59 Å². The van der Waals surface area contributed by atoms with Gasteiger partial charge in [0, 0.05) is 19.0 Å². The number of ether oxygens (including phenoxy) is 1. The van der Waals surface area contributed by atoms with Crippen LogP contribution in [0, 0.1) is 5.92 Å².